The average Bonchev–Trinajstić information content (AvgIpc) is 2.42. The number of hydrogen-bond acceptors (Lipinski definition) is 4. The van der Waals surface area contributed by atoms with Gasteiger partial charge in [-0.1, -0.05) is 35.3 Å². The molecule has 0 saturated carbocycles. The Hall–Kier alpha value is -1.82. The van der Waals surface area contributed by atoms with Gasteiger partial charge in [0.05, 0.1) is 21.0 Å². The van der Waals surface area contributed by atoms with Gasteiger partial charge in [0.15, 0.2) is 11.5 Å². The van der Waals surface area contributed by atoms with E-state index < -0.39 is 4.92 Å². The minimum Gasteiger partial charge on any atom is -0.454 e. The predicted octanol–water partition coefficient (Wildman–Crippen LogP) is 4.15. The first-order valence-electron chi connectivity index (χ1n) is 5.62. The van der Waals surface area contributed by atoms with Crippen molar-refractivity contribution < 1.29 is 9.66 Å². The number of rotatable bonds is 4. The molecule has 0 saturated heterocycles. The molecule has 0 aliphatic heterocycles. The number of hydrogen-bond donors (Lipinski definition) is 1. The molecule has 0 aliphatic carbocycles. The first-order chi connectivity index (χ1) is 9.52. The molecule has 0 aromatic heterocycles. The van der Waals surface area contributed by atoms with Crippen LogP contribution in [0.3, 0.4) is 0 Å². The number of nitrogens with zero attached hydrogens (tertiary/aromatic N) is 1. The van der Waals surface area contributed by atoms with Crippen LogP contribution in [0, 0.1) is 10.1 Å². The Kier molecular flexibility index (Phi) is 4.44. The predicted molar refractivity (Wildman–Crippen MR) is 77.5 cm³/mol. The highest BCUT2D eigenvalue weighted by molar-refractivity contribution is 6.33. The summed E-state index contributed by atoms with van der Waals surface area (Å²) < 4.78 is 5.60. The molecule has 20 heavy (non-hydrogen) atoms. The maximum atomic E-state index is 10.8. The zero-order chi connectivity index (χ0) is 14.7. The van der Waals surface area contributed by atoms with Crippen LogP contribution in [0.1, 0.15) is 5.56 Å². The molecule has 5 nitrogen and oxygen atoms in total. The molecule has 0 amide bonds. The fraction of sp³-hybridized carbons (Fsp3) is 0.0769. The Balaban J connectivity index is 2.44. The van der Waals surface area contributed by atoms with E-state index in [9.17, 15) is 10.1 Å². The third-order valence-corrected chi connectivity index (χ3v) is 3.22. The highest BCUT2D eigenvalue weighted by atomic mass is 35.5. The fourth-order valence-electron chi connectivity index (χ4n) is 1.62. The first-order valence-corrected chi connectivity index (χ1v) is 6.37. The maximum absolute atomic E-state index is 10.8. The second kappa shape index (κ2) is 6.09. The Bertz CT molecular complexity index is 662. The molecule has 0 fully saturated rings. The molecule has 2 N–H and O–H groups in total. The summed E-state index contributed by atoms with van der Waals surface area (Å²) in [5, 5.41) is 11.4. The maximum Gasteiger partial charge on any atom is 0.273 e. The van der Waals surface area contributed by atoms with Gasteiger partial charge in [0.2, 0.25) is 0 Å². The number of para-hydroxylation sites is 1. The summed E-state index contributed by atoms with van der Waals surface area (Å²) >= 11 is 12.0. The van der Waals surface area contributed by atoms with Crippen LogP contribution >= 0.6 is 23.2 Å². The van der Waals surface area contributed by atoms with Crippen molar-refractivity contribution in [3.63, 3.8) is 0 Å². The molecule has 2 rings (SSSR count). The van der Waals surface area contributed by atoms with Crippen molar-refractivity contribution in [3.05, 3.63) is 62.1 Å². The smallest absolute Gasteiger partial charge is 0.273 e. The Morgan fingerprint density at radius 1 is 1.20 bits per heavy atom. The van der Waals surface area contributed by atoms with Gasteiger partial charge in [0.1, 0.15) is 0 Å². The van der Waals surface area contributed by atoms with Crippen LogP contribution in [0.15, 0.2) is 36.4 Å². The van der Waals surface area contributed by atoms with Crippen LogP contribution < -0.4 is 10.5 Å². The van der Waals surface area contributed by atoms with E-state index in [0.29, 0.717) is 16.3 Å². The van der Waals surface area contributed by atoms with Gasteiger partial charge < -0.3 is 10.5 Å². The Morgan fingerprint density at radius 3 is 2.60 bits per heavy atom. The van der Waals surface area contributed by atoms with Crippen LogP contribution in [0.4, 0.5) is 5.69 Å². The number of halogens is 2. The van der Waals surface area contributed by atoms with Gasteiger partial charge in [-0.2, -0.15) is 0 Å². The summed E-state index contributed by atoms with van der Waals surface area (Å²) in [5.74, 6) is 0.503. The van der Waals surface area contributed by atoms with Crippen LogP contribution in [-0.2, 0) is 6.54 Å². The molecule has 2 aromatic rings. The van der Waals surface area contributed by atoms with Gasteiger partial charge in [-0.25, -0.2) is 0 Å². The van der Waals surface area contributed by atoms with Crippen molar-refractivity contribution >= 4 is 28.9 Å². The van der Waals surface area contributed by atoms with Crippen molar-refractivity contribution in [1.29, 1.82) is 0 Å². The summed E-state index contributed by atoms with van der Waals surface area (Å²) in [6, 6.07) is 9.08. The van der Waals surface area contributed by atoms with E-state index in [1.54, 1.807) is 18.2 Å². The zero-order valence-electron chi connectivity index (χ0n) is 10.2. The summed E-state index contributed by atoms with van der Waals surface area (Å²) in [4.78, 5) is 10.2. The molecule has 0 bridgehead atoms. The van der Waals surface area contributed by atoms with Gasteiger partial charge in [-0.15, -0.1) is 0 Å². The lowest BCUT2D eigenvalue weighted by Crippen LogP contribution is -2.00. The van der Waals surface area contributed by atoms with Crippen LogP contribution in [0.2, 0.25) is 10.0 Å². The molecule has 104 valence electrons. The molecule has 0 heterocycles. The lowest BCUT2D eigenvalue weighted by molar-refractivity contribution is -0.384. The first kappa shape index (κ1) is 14.6. The fourth-order valence-corrected chi connectivity index (χ4v) is 2.01. The summed E-state index contributed by atoms with van der Waals surface area (Å²) in [6.07, 6.45) is 0. The second-order valence-electron chi connectivity index (χ2n) is 3.91. The quantitative estimate of drug-likeness (QED) is 0.679. The monoisotopic (exact) mass is 312 g/mol. The summed E-state index contributed by atoms with van der Waals surface area (Å²) in [7, 11) is 0. The molecule has 0 aliphatic rings. The van der Waals surface area contributed by atoms with E-state index in [1.807, 2.05) is 0 Å². The molecule has 7 heteroatoms. The highest BCUT2D eigenvalue weighted by Gasteiger charge is 2.14. The van der Waals surface area contributed by atoms with Crippen molar-refractivity contribution in [3.8, 4) is 11.5 Å². The van der Waals surface area contributed by atoms with Crippen molar-refractivity contribution in [2.24, 2.45) is 5.73 Å². The van der Waals surface area contributed by atoms with Crippen LogP contribution in [-0.4, -0.2) is 4.92 Å². The van der Waals surface area contributed by atoms with Gasteiger partial charge in [0, 0.05) is 18.2 Å². The van der Waals surface area contributed by atoms with Gasteiger partial charge in [-0.3, -0.25) is 10.1 Å². The van der Waals surface area contributed by atoms with Crippen molar-refractivity contribution in [1.82, 2.24) is 0 Å². The number of nitro benzene ring substituents is 1. The van der Waals surface area contributed by atoms with Crippen molar-refractivity contribution in [2.75, 3.05) is 0 Å². The van der Waals surface area contributed by atoms with Crippen molar-refractivity contribution in [2.45, 2.75) is 6.54 Å². The minimum atomic E-state index is -0.528. The third kappa shape index (κ3) is 3.01. The molecule has 0 atom stereocenters. The molecule has 0 unspecified atom stereocenters. The normalized spacial score (nSPS) is 10.3. The number of nitrogens with two attached hydrogens (primary N) is 1. The number of nitro groups is 1. The van der Waals surface area contributed by atoms with E-state index in [-0.39, 0.29) is 23.0 Å². The van der Waals surface area contributed by atoms with Gasteiger partial charge in [-0.05, 0) is 12.1 Å². The standard InChI is InChI=1S/C13H10Cl2N2O3/c14-10-5-4-9(17(18)19)6-12(10)20-13-8(7-16)2-1-3-11(13)15/h1-6H,7,16H2. The van der Waals surface area contributed by atoms with Gasteiger partial charge >= 0.3 is 0 Å². The summed E-state index contributed by atoms with van der Waals surface area (Å²) in [5.41, 5.74) is 6.17. The largest absolute Gasteiger partial charge is 0.454 e. The molecular formula is C13H10Cl2N2O3. The van der Waals surface area contributed by atoms with E-state index in [0.717, 1.165) is 0 Å². The zero-order valence-corrected chi connectivity index (χ0v) is 11.7. The molecule has 0 spiro atoms. The second-order valence-corrected chi connectivity index (χ2v) is 4.72. The Labute approximate surface area is 125 Å². The molecular weight excluding hydrogens is 303 g/mol. The lowest BCUT2D eigenvalue weighted by atomic mass is 10.2. The SMILES string of the molecule is NCc1cccc(Cl)c1Oc1cc([N+](=O)[O-])ccc1Cl. The highest BCUT2D eigenvalue weighted by Crippen LogP contribution is 2.37. The summed E-state index contributed by atoms with van der Waals surface area (Å²) in [6.45, 7) is 0.225. The van der Waals surface area contributed by atoms with E-state index >= 15 is 0 Å². The lowest BCUT2D eigenvalue weighted by Gasteiger charge is -2.12. The molecule has 0 radical (unpaired) electrons. The van der Waals surface area contributed by atoms with Gasteiger partial charge in [0.25, 0.3) is 5.69 Å². The van der Waals surface area contributed by atoms with E-state index in [4.69, 9.17) is 33.7 Å². The minimum absolute atomic E-state index is 0.120. The average molecular weight is 313 g/mol. The van der Waals surface area contributed by atoms with Crippen LogP contribution in [0.5, 0.6) is 11.5 Å². The number of non-ortho nitro benzene ring substituents is 1. The number of ether oxygens (including phenoxy) is 1. The Morgan fingerprint density at radius 2 is 1.95 bits per heavy atom. The van der Waals surface area contributed by atoms with E-state index in [1.165, 1.54) is 18.2 Å². The third-order valence-electron chi connectivity index (χ3n) is 2.61. The van der Waals surface area contributed by atoms with Crippen LogP contribution in [0.25, 0.3) is 0 Å². The molecule has 2 aromatic carbocycles. The topological polar surface area (TPSA) is 78.4 Å². The van der Waals surface area contributed by atoms with E-state index in [2.05, 4.69) is 0 Å². The number of benzene rings is 2.